The Morgan fingerprint density at radius 2 is 2.18 bits per heavy atom. The molecule has 62 valence electrons. The van der Waals surface area contributed by atoms with Gasteiger partial charge in [0.05, 0.1) is 6.10 Å². The minimum absolute atomic E-state index is 0.198. The summed E-state index contributed by atoms with van der Waals surface area (Å²) < 4.78 is 0. The van der Waals surface area contributed by atoms with Crippen molar-refractivity contribution >= 4 is 0 Å². The zero-order chi connectivity index (χ0) is 8.22. The van der Waals surface area contributed by atoms with Crippen LogP contribution in [0.2, 0.25) is 0 Å². The lowest BCUT2D eigenvalue weighted by molar-refractivity contribution is 0.176. The van der Waals surface area contributed by atoms with Crippen molar-refractivity contribution < 1.29 is 5.11 Å². The Labute approximate surface area is 68.1 Å². The van der Waals surface area contributed by atoms with Crippen molar-refractivity contribution in [1.82, 2.24) is 0 Å². The molecular weight excluding hydrogens is 136 g/mol. The quantitative estimate of drug-likeness (QED) is 0.569. The summed E-state index contributed by atoms with van der Waals surface area (Å²) in [6.07, 6.45) is 2.05. The largest absolute Gasteiger partial charge is 0.389 e. The molecule has 0 amide bonds. The van der Waals surface area contributed by atoms with Crippen LogP contribution in [0.15, 0.2) is 12.2 Å². The summed E-state index contributed by atoms with van der Waals surface area (Å²) in [5.74, 6) is 1.36. The molecular formula is C10H16O. The van der Waals surface area contributed by atoms with Gasteiger partial charge < -0.3 is 5.11 Å². The molecule has 0 radical (unpaired) electrons. The van der Waals surface area contributed by atoms with Crippen molar-refractivity contribution in [1.29, 1.82) is 0 Å². The van der Waals surface area contributed by atoms with E-state index in [1.807, 2.05) is 0 Å². The maximum Gasteiger partial charge on any atom is 0.0756 e. The SMILES string of the molecule is C=C1C2C[C@@]2(C(C)C)C[C@H]1O. The first-order valence-electron chi connectivity index (χ1n) is 4.44. The predicted octanol–water partition coefficient (Wildman–Crippen LogP) is 1.97. The number of aliphatic hydroxyl groups is 1. The molecule has 2 saturated carbocycles. The second kappa shape index (κ2) is 1.89. The highest BCUT2D eigenvalue weighted by Crippen LogP contribution is 2.69. The third kappa shape index (κ3) is 0.750. The molecule has 0 spiro atoms. The molecule has 3 atom stereocenters. The van der Waals surface area contributed by atoms with E-state index in [0.29, 0.717) is 17.3 Å². The van der Waals surface area contributed by atoms with E-state index >= 15 is 0 Å². The summed E-state index contributed by atoms with van der Waals surface area (Å²) in [6, 6.07) is 0. The highest BCUT2D eigenvalue weighted by atomic mass is 16.3. The molecule has 11 heavy (non-hydrogen) atoms. The molecule has 1 heteroatoms. The molecule has 0 aromatic rings. The van der Waals surface area contributed by atoms with Crippen LogP contribution < -0.4 is 0 Å². The van der Waals surface area contributed by atoms with Gasteiger partial charge in [0, 0.05) is 0 Å². The van der Waals surface area contributed by atoms with Crippen LogP contribution in [0.4, 0.5) is 0 Å². The highest BCUT2D eigenvalue weighted by Gasteiger charge is 2.63. The minimum atomic E-state index is -0.198. The number of aliphatic hydroxyl groups excluding tert-OH is 1. The molecule has 2 aliphatic carbocycles. The van der Waals surface area contributed by atoms with E-state index in [1.54, 1.807) is 0 Å². The van der Waals surface area contributed by atoms with Crippen LogP contribution in [0.3, 0.4) is 0 Å². The minimum Gasteiger partial charge on any atom is -0.389 e. The predicted molar refractivity (Wildman–Crippen MR) is 45.1 cm³/mol. The Balaban J connectivity index is 2.20. The Bertz CT molecular complexity index is 207. The Morgan fingerprint density at radius 1 is 1.55 bits per heavy atom. The van der Waals surface area contributed by atoms with Crippen LogP contribution in [-0.4, -0.2) is 11.2 Å². The third-order valence-electron chi connectivity index (χ3n) is 3.72. The van der Waals surface area contributed by atoms with Crippen LogP contribution in [0.5, 0.6) is 0 Å². The van der Waals surface area contributed by atoms with E-state index in [9.17, 15) is 5.11 Å². The van der Waals surface area contributed by atoms with E-state index in [1.165, 1.54) is 6.42 Å². The first-order valence-corrected chi connectivity index (χ1v) is 4.44. The van der Waals surface area contributed by atoms with Crippen LogP contribution in [-0.2, 0) is 0 Å². The van der Waals surface area contributed by atoms with E-state index < -0.39 is 0 Å². The third-order valence-corrected chi connectivity index (χ3v) is 3.72. The zero-order valence-electron chi connectivity index (χ0n) is 7.30. The molecule has 0 aromatic heterocycles. The average molecular weight is 152 g/mol. The van der Waals surface area contributed by atoms with Crippen molar-refractivity contribution in [2.75, 3.05) is 0 Å². The van der Waals surface area contributed by atoms with Gasteiger partial charge in [-0.2, -0.15) is 0 Å². The Morgan fingerprint density at radius 3 is 2.45 bits per heavy atom. The molecule has 2 rings (SSSR count). The monoisotopic (exact) mass is 152 g/mol. The van der Waals surface area contributed by atoms with E-state index in [2.05, 4.69) is 20.4 Å². The fourth-order valence-electron chi connectivity index (χ4n) is 2.64. The molecule has 0 heterocycles. The highest BCUT2D eigenvalue weighted by molar-refractivity contribution is 5.30. The fraction of sp³-hybridized carbons (Fsp3) is 0.800. The maximum atomic E-state index is 9.51. The van der Waals surface area contributed by atoms with Crippen LogP contribution in [0.25, 0.3) is 0 Å². The molecule has 1 N–H and O–H groups in total. The molecule has 0 aliphatic heterocycles. The maximum absolute atomic E-state index is 9.51. The summed E-state index contributed by atoms with van der Waals surface area (Å²) in [4.78, 5) is 0. The van der Waals surface area contributed by atoms with Crippen LogP contribution in [0, 0.1) is 17.3 Å². The van der Waals surface area contributed by atoms with Crippen molar-refractivity contribution in [3.63, 3.8) is 0 Å². The van der Waals surface area contributed by atoms with Gasteiger partial charge in [0.1, 0.15) is 0 Å². The average Bonchev–Trinajstić information content (AvgIpc) is 2.57. The van der Waals surface area contributed by atoms with Crippen molar-refractivity contribution in [2.45, 2.75) is 32.8 Å². The van der Waals surface area contributed by atoms with E-state index in [-0.39, 0.29) is 6.10 Å². The molecule has 1 nitrogen and oxygen atoms in total. The molecule has 0 aromatic carbocycles. The smallest absolute Gasteiger partial charge is 0.0756 e. The molecule has 2 fully saturated rings. The Hall–Kier alpha value is -0.300. The van der Waals surface area contributed by atoms with Crippen molar-refractivity contribution in [3.05, 3.63) is 12.2 Å². The lowest BCUT2D eigenvalue weighted by atomic mass is 9.89. The van der Waals surface area contributed by atoms with Crippen LogP contribution in [0.1, 0.15) is 26.7 Å². The van der Waals surface area contributed by atoms with Gasteiger partial charge in [0.2, 0.25) is 0 Å². The van der Waals surface area contributed by atoms with Gasteiger partial charge in [0.25, 0.3) is 0 Å². The molecule has 2 aliphatic rings. The van der Waals surface area contributed by atoms with Gasteiger partial charge >= 0.3 is 0 Å². The lowest BCUT2D eigenvalue weighted by Gasteiger charge is -2.16. The molecule has 1 unspecified atom stereocenters. The second-order valence-electron chi connectivity index (χ2n) is 4.44. The topological polar surface area (TPSA) is 20.2 Å². The normalized spacial score (nSPS) is 48.2. The molecule has 0 bridgehead atoms. The fourth-order valence-corrected chi connectivity index (χ4v) is 2.64. The first kappa shape index (κ1) is 7.35. The van der Waals surface area contributed by atoms with Crippen molar-refractivity contribution in [3.8, 4) is 0 Å². The van der Waals surface area contributed by atoms with Gasteiger partial charge in [-0.25, -0.2) is 0 Å². The van der Waals surface area contributed by atoms with Gasteiger partial charge in [-0.1, -0.05) is 20.4 Å². The zero-order valence-corrected chi connectivity index (χ0v) is 7.30. The van der Waals surface area contributed by atoms with E-state index in [0.717, 1.165) is 12.0 Å². The Kier molecular flexibility index (Phi) is 1.26. The van der Waals surface area contributed by atoms with Gasteiger partial charge in [-0.05, 0) is 35.7 Å². The van der Waals surface area contributed by atoms with Gasteiger partial charge in [-0.3, -0.25) is 0 Å². The summed E-state index contributed by atoms with van der Waals surface area (Å²) in [5, 5.41) is 9.51. The van der Waals surface area contributed by atoms with Crippen LogP contribution >= 0.6 is 0 Å². The number of rotatable bonds is 1. The van der Waals surface area contributed by atoms with Gasteiger partial charge in [0.15, 0.2) is 0 Å². The summed E-state index contributed by atoms with van der Waals surface area (Å²) in [6.45, 7) is 8.45. The number of hydrogen-bond donors (Lipinski definition) is 1. The summed E-state index contributed by atoms with van der Waals surface area (Å²) in [5.41, 5.74) is 1.55. The van der Waals surface area contributed by atoms with Gasteiger partial charge in [-0.15, -0.1) is 0 Å². The number of fused-ring (bicyclic) bond motifs is 1. The number of hydrogen-bond acceptors (Lipinski definition) is 1. The second-order valence-corrected chi connectivity index (χ2v) is 4.44. The first-order chi connectivity index (χ1) is 5.08. The summed E-state index contributed by atoms with van der Waals surface area (Å²) >= 11 is 0. The molecule has 0 saturated heterocycles. The van der Waals surface area contributed by atoms with E-state index in [4.69, 9.17) is 0 Å². The summed E-state index contributed by atoms with van der Waals surface area (Å²) in [7, 11) is 0. The standard InChI is InChI=1S/C10H16O/c1-6(2)10-4-8(10)7(3)9(11)5-10/h6,8-9,11H,3-5H2,1-2H3/t8?,9-,10+/m1/s1. The lowest BCUT2D eigenvalue weighted by Crippen LogP contribution is -2.12. The van der Waals surface area contributed by atoms with Crippen molar-refractivity contribution in [2.24, 2.45) is 17.3 Å².